The predicted octanol–water partition coefficient (Wildman–Crippen LogP) is 3.85. The second kappa shape index (κ2) is 8.38. The van der Waals surface area contributed by atoms with Gasteiger partial charge in [0.05, 0.1) is 27.8 Å². The Morgan fingerprint density at radius 2 is 2.19 bits per heavy atom. The van der Waals surface area contributed by atoms with Gasteiger partial charge in [0.1, 0.15) is 11.6 Å². The number of amides is 1. The summed E-state index contributed by atoms with van der Waals surface area (Å²) >= 11 is 6.38. The van der Waals surface area contributed by atoms with E-state index in [4.69, 9.17) is 22.4 Å². The smallest absolute Gasteiger partial charge is 0.404 e. The van der Waals surface area contributed by atoms with Gasteiger partial charge in [0.25, 0.3) is 0 Å². The number of hydrogen-bond donors (Lipinski definition) is 5. The second-order valence-corrected chi connectivity index (χ2v) is 7.85. The van der Waals surface area contributed by atoms with Gasteiger partial charge in [-0.15, -0.1) is 0 Å². The number of anilines is 2. The predicted molar refractivity (Wildman–Crippen MR) is 116 cm³/mol. The fourth-order valence-corrected chi connectivity index (χ4v) is 3.39. The van der Waals surface area contributed by atoms with E-state index in [9.17, 15) is 9.18 Å². The minimum absolute atomic E-state index is 0.128. The van der Waals surface area contributed by atoms with E-state index in [1.165, 1.54) is 12.1 Å². The molecule has 1 saturated carbocycles. The summed E-state index contributed by atoms with van der Waals surface area (Å²) in [7, 11) is 0. The van der Waals surface area contributed by atoms with Crippen molar-refractivity contribution < 1.29 is 14.3 Å². The van der Waals surface area contributed by atoms with Crippen LogP contribution in [0.15, 0.2) is 24.4 Å². The lowest BCUT2D eigenvalue weighted by Gasteiger charge is -2.13. The zero-order valence-electron chi connectivity index (χ0n) is 16.6. The van der Waals surface area contributed by atoms with Crippen molar-refractivity contribution in [1.29, 1.82) is 0 Å². The highest BCUT2D eigenvalue weighted by molar-refractivity contribution is 6.35. The SMILES string of the molecule is CC(CNc1nccc(-c2[nH]c(C3CC3)nc2-c2cc(F)cc(N)c2Cl)n1)NC(=O)O. The fourth-order valence-electron chi connectivity index (χ4n) is 3.19. The average Bonchev–Trinajstić information content (AvgIpc) is 3.47. The molecule has 0 aliphatic heterocycles. The monoisotopic (exact) mass is 445 g/mol. The molecule has 1 amide bonds. The number of nitrogen functional groups attached to an aromatic ring is 1. The van der Waals surface area contributed by atoms with Crippen LogP contribution in [-0.2, 0) is 0 Å². The van der Waals surface area contributed by atoms with Gasteiger partial charge in [-0.3, -0.25) is 0 Å². The first-order chi connectivity index (χ1) is 14.8. The van der Waals surface area contributed by atoms with E-state index in [1.54, 1.807) is 19.2 Å². The number of nitrogens with zero attached hydrogens (tertiary/aromatic N) is 3. The van der Waals surface area contributed by atoms with Crippen molar-refractivity contribution >= 4 is 29.3 Å². The third-order valence-corrected chi connectivity index (χ3v) is 5.28. The third-order valence-electron chi connectivity index (χ3n) is 4.85. The minimum Gasteiger partial charge on any atom is -0.465 e. The number of imidazole rings is 1. The summed E-state index contributed by atoms with van der Waals surface area (Å²) in [6.45, 7) is 2.02. The summed E-state index contributed by atoms with van der Waals surface area (Å²) in [5.41, 5.74) is 7.94. The molecule has 0 radical (unpaired) electrons. The first-order valence-electron chi connectivity index (χ1n) is 9.73. The molecule has 3 aromatic rings. The number of nitrogens with one attached hydrogen (secondary N) is 3. The molecule has 1 unspecified atom stereocenters. The molecule has 1 aromatic carbocycles. The molecule has 2 heterocycles. The topological polar surface area (TPSA) is 142 Å². The highest BCUT2D eigenvalue weighted by Gasteiger charge is 2.29. The average molecular weight is 446 g/mol. The van der Waals surface area contributed by atoms with Crippen LogP contribution in [-0.4, -0.2) is 43.7 Å². The Morgan fingerprint density at radius 3 is 2.90 bits per heavy atom. The lowest BCUT2D eigenvalue weighted by molar-refractivity contribution is 0.191. The number of rotatable bonds is 7. The third kappa shape index (κ3) is 4.69. The van der Waals surface area contributed by atoms with Gasteiger partial charge >= 0.3 is 6.09 Å². The molecule has 4 rings (SSSR count). The van der Waals surface area contributed by atoms with Crippen LogP contribution in [0.1, 0.15) is 31.5 Å². The van der Waals surface area contributed by atoms with Crippen molar-refractivity contribution in [3.63, 3.8) is 0 Å². The Balaban J connectivity index is 1.69. The zero-order chi connectivity index (χ0) is 22.1. The maximum absolute atomic E-state index is 14.1. The summed E-state index contributed by atoms with van der Waals surface area (Å²) in [5, 5.41) is 14.4. The Bertz CT molecular complexity index is 1130. The van der Waals surface area contributed by atoms with Gasteiger partial charge in [0.15, 0.2) is 0 Å². The van der Waals surface area contributed by atoms with Crippen LogP contribution in [0.3, 0.4) is 0 Å². The number of carbonyl (C=O) groups is 1. The quantitative estimate of drug-likeness (QED) is 0.347. The van der Waals surface area contributed by atoms with Crippen molar-refractivity contribution in [3.05, 3.63) is 41.1 Å². The number of nitrogens with two attached hydrogens (primary N) is 1. The molecule has 0 saturated heterocycles. The largest absolute Gasteiger partial charge is 0.465 e. The van der Waals surface area contributed by atoms with Gasteiger partial charge in [-0.25, -0.2) is 24.1 Å². The Hall–Kier alpha value is -3.40. The number of aromatic amines is 1. The molecule has 1 aliphatic carbocycles. The number of halogens is 2. The fraction of sp³-hybridized carbons (Fsp3) is 0.300. The molecule has 6 N–H and O–H groups in total. The maximum Gasteiger partial charge on any atom is 0.404 e. The van der Waals surface area contributed by atoms with Crippen molar-refractivity contribution in [1.82, 2.24) is 25.3 Å². The molecule has 0 spiro atoms. The highest BCUT2D eigenvalue weighted by Crippen LogP contribution is 2.43. The van der Waals surface area contributed by atoms with Crippen LogP contribution in [0.25, 0.3) is 22.6 Å². The molecular formula is C20H21ClFN7O2. The maximum atomic E-state index is 14.1. The molecule has 11 heteroatoms. The summed E-state index contributed by atoms with van der Waals surface area (Å²) in [5.74, 6) is 0.912. The molecule has 2 aromatic heterocycles. The van der Waals surface area contributed by atoms with Gasteiger partial charge < -0.3 is 26.5 Å². The first kappa shape index (κ1) is 20.9. The van der Waals surface area contributed by atoms with E-state index >= 15 is 0 Å². The molecule has 0 bridgehead atoms. The lowest BCUT2D eigenvalue weighted by atomic mass is 10.1. The molecule has 1 fully saturated rings. The highest BCUT2D eigenvalue weighted by atomic mass is 35.5. The summed E-state index contributed by atoms with van der Waals surface area (Å²) in [6.07, 6.45) is 2.51. The van der Waals surface area contributed by atoms with Gasteiger partial charge in [-0.1, -0.05) is 11.6 Å². The molecule has 1 aliphatic rings. The van der Waals surface area contributed by atoms with E-state index in [0.717, 1.165) is 18.7 Å². The molecule has 162 valence electrons. The van der Waals surface area contributed by atoms with Gasteiger partial charge in [-0.2, -0.15) is 0 Å². The molecule has 1 atom stereocenters. The standard InChI is InChI=1S/C20H21ClFN7O2/c1-9(26-20(30)31)8-25-19-24-5-4-14(27-19)17-16(28-18(29-17)10-2-3-10)12-6-11(22)7-13(23)15(12)21/h4-7,9-10,26H,2-3,8,23H2,1H3,(H,28,29)(H,30,31)(H,24,25,27). The number of hydrogen-bond acceptors (Lipinski definition) is 6. The van der Waals surface area contributed by atoms with E-state index in [-0.39, 0.29) is 16.8 Å². The molecular weight excluding hydrogens is 425 g/mol. The van der Waals surface area contributed by atoms with Crippen molar-refractivity contribution in [2.75, 3.05) is 17.6 Å². The first-order valence-corrected chi connectivity index (χ1v) is 10.1. The number of H-pyrrole nitrogens is 1. The number of aromatic nitrogens is 4. The Morgan fingerprint density at radius 1 is 1.42 bits per heavy atom. The van der Waals surface area contributed by atoms with Crippen LogP contribution >= 0.6 is 11.6 Å². The van der Waals surface area contributed by atoms with Crippen LogP contribution < -0.4 is 16.4 Å². The Labute approximate surface area is 182 Å². The van der Waals surface area contributed by atoms with Crippen LogP contribution in [0, 0.1) is 5.82 Å². The number of carboxylic acid groups (broad SMARTS) is 1. The van der Waals surface area contributed by atoms with Crippen molar-refractivity contribution in [2.24, 2.45) is 0 Å². The van der Waals surface area contributed by atoms with E-state index in [2.05, 4.69) is 30.6 Å². The molecule has 31 heavy (non-hydrogen) atoms. The van der Waals surface area contributed by atoms with Crippen molar-refractivity contribution in [2.45, 2.75) is 31.7 Å². The normalized spacial score (nSPS) is 14.3. The van der Waals surface area contributed by atoms with Crippen LogP contribution in [0.5, 0.6) is 0 Å². The summed E-state index contributed by atoms with van der Waals surface area (Å²) in [4.78, 5) is 27.4. The van der Waals surface area contributed by atoms with Gasteiger partial charge in [0.2, 0.25) is 5.95 Å². The van der Waals surface area contributed by atoms with Gasteiger partial charge in [-0.05, 0) is 38.0 Å². The van der Waals surface area contributed by atoms with Crippen LogP contribution in [0.4, 0.5) is 20.8 Å². The second-order valence-electron chi connectivity index (χ2n) is 7.47. The lowest BCUT2D eigenvalue weighted by Crippen LogP contribution is -2.36. The van der Waals surface area contributed by atoms with Gasteiger partial charge in [0, 0.05) is 30.3 Å². The number of benzene rings is 1. The van der Waals surface area contributed by atoms with E-state index < -0.39 is 11.9 Å². The van der Waals surface area contributed by atoms with Crippen molar-refractivity contribution in [3.8, 4) is 22.6 Å². The van der Waals surface area contributed by atoms with E-state index in [1.807, 2.05) is 0 Å². The summed E-state index contributed by atoms with van der Waals surface area (Å²) < 4.78 is 14.1. The van der Waals surface area contributed by atoms with E-state index in [0.29, 0.717) is 41.1 Å². The zero-order valence-corrected chi connectivity index (χ0v) is 17.4. The molecule has 9 nitrogen and oxygen atoms in total. The summed E-state index contributed by atoms with van der Waals surface area (Å²) in [6, 6.07) is 3.82. The Kier molecular flexibility index (Phi) is 5.64. The van der Waals surface area contributed by atoms with Crippen LogP contribution in [0.2, 0.25) is 5.02 Å². The minimum atomic E-state index is -1.11.